The summed E-state index contributed by atoms with van der Waals surface area (Å²) < 4.78 is 61.2. The van der Waals surface area contributed by atoms with Crippen LogP contribution in [0.1, 0.15) is 28.5 Å². The molecule has 0 saturated heterocycles. The van der Waals surface area contributed by atoms with Gasteiger partial charge < -0.3 is 14.5 Å². The van der Waals surface area contributed by atoms with Crippen LogP contribution in [0.15, 0.2) is 42.5 Å². The maximum absolute atomic E-state index is 13.6. The smallest absolute Gasteiger partial charge is 0.419 e. The topological polar surface area (TPSA) is 68.4 Å². The van der Waals surface area contributed by atoms with Gasteiger partial charge in [0.15, 0.2) is 0 Å². The van der Waals surface area contributed by atoms with E-state index in [1.807, 2.05) is 0 Å². The highest BCUT2D eigenvalue weighted by atomic mass is 19.4. The Bertz CT molecular complexity index is 1060. The molecule has 0 radical (unpaired) electrons. The molecule has 28 heavy (non-hydrogen) atoms. The molecular weight excluding hydrogens is 382 g/mol. The Balaban J connectivity index is 1.71. The lowest BCUT2D eigenvalue weighted by atomic mass is 10.1. The molecule has 0 aliphatic heterocycles. The Kier molecular flexibility index (Phi) is 5.08. The summed E-state index contributed by atoms with van der Waals surface area (Å²) in [5, 5.41) is 0.589. The monoisotopic (exact) mass is 395 g/mol. The van der Waals surface area contributed by atoms with E-state index in [-0.39, 0.29) is 11.3 Å². The van der Waals surface area contributed by atoms with Crippen molar-refractivity contribution in [1.29, 1.82) is 0 Å². The summed E-state index contributed by atoms with van der Waals surface area (Å²) in [6.45, 7) is 0.857. The first-order valence-corrected chi connectivity index (χ1v) is 7.97. The first-order chi connectivity index (χ1) is 13.1. The highest BCUT2D eigenvalue weighted by Gasteiger charge is 2.33. The summed E-state index contributed by atoms with van der Waals surface area (Å²) in [5.74, 6) is -2.40. The highest BCUT2D eigenvalue weighted by Crippen LogP contribution is 2.31. The molecule has 0 aliphatic carbocycles. The summed E-state index contributed by atoms with van der Waals surface area (Å²) in [5.41, 5.74) is -0.639. The zero-order valence-corrected chi connectivity index (χ0v) is 14.4. The van der Waals surface area contributed by atoms with Gasteiger partial charge in [0.05, 0.1) is 5.56 Å². The van der Waals surface area contributed by atoms with Gasteiger partial charge in [-0.3, -0.25) is 4.79 Å². The fourth-order valence-corrected chi connectivity index (χ4v) is 2.56. The lowest BCUT2D eigenvalue weighted by Gasteiger charge is -2.09. The number of ether oxygens (including phenoxy) is 2. The number of carbonyl (C=O) groups is 2. The van der Waals surface area contributed by atoms with Crippen LogP contribution in [0.5, 0.6) is 5.75 Å². The van der Waals surface area contributed by atoms with Gasteiger partial charge >= 0.3 is 18.1 Å². The van der Waals surface area contributed by atoms with Gasteiger partial charge in [-0.1, -0.05) is 6.07 Å². The van der Waals surface area contributed by atoms with Crippen LogP contribution in [0.25, 0.3) is 10.9 Å². The van der Waals surface area contributed by atoms with E-state index < -0.39 is 36.1 Å². The third-order valence-corrected chi connectivity index (χ3v) is 3.78. The van der Waals surface area contributed by atoms with Crippen molar-refractivity contribution in [3.05, 3.63) is 65.1 Å². The van der Waals surface area contributed by atoms with Gasteiger partial charge in [-0.05, 0) is 42.0 Å². The van der Waals surface area contributed by atoms with Crippen molar-refractivity contribution in [2.24, 2.45) is 0 Å². The van der Waals surface area contributed by atoms with Crippen LogP contribution in [0.2, 0.25) is 0 Å². The normalized spacial score (nSPS) is 11.5. The first-order valence-electron chi connectivity index (χ1n) is 7.97. The minimum absolute atomic E-state index is 0.0760. The van der Waals surface area contributed by atoms with Gasteiger partial charge in [-0.25, -0.2) is 9.18 Å². The molecule has 1 aromatic heterocycles. The summed E-state index contributed by atoms with van der Waals surface area (Å²) >= 11 is 0. The Morgan fingerprint density at radius 3 is 2.46 bits per heavy atom. The van der Waals surface area contributed by atoms with E-state index in [9.17, 15) is 27.2 Å². The van der Waals surface area contributed by atoms with E-state index in [1.165, 1.54) is 13.0 Å². The Morgan fingerprint density at radius 2 is 1.82 bits per heavy atom. The van der Waals surface area contributed by atoms with Crippen LogP contribution in [0.4, 0.5) is 17.6 Å². The third-order valence-electron chi connectivity index (χ3n) is 3.78. The molecule has 0 spiro atoms. The van der Waals surface area contributed by atoms with Crippen LogP contribution in [-0.4, -0.2) is 16.9 Å². The van der Waals surface area contributed by atoms with Crippen LogP contribution in [-0.2, 0) is 22.3 Å². The van der Waals surface area contributed by atoms with Crippen molar-refractivity contribution in [3.63, 3.8) is 0 Å². The average molecular weight is 395 g/mol. The second-order valence-electron chi connectivity index (χ2n) is 5.91. The summed E-state index contributed by atoms with van der Waals surface area (Å²) in [6, 6.07) is 8.48. The number of esters is 2. The third kappa shape index (κ3) is 4.30. The summed E-state index contributed by atoms with van der Waals surface area (Å²) in [4.78, 5) is 26.0. The van der Waals surface area contributed by atoms with Gasteiger partial charge in [-0.2, -0.15) is 13.2 Å². The molecule has 5 nitrogen and oxygen atoms in total. The predicted octanol–water partition coefficient (Wildman–Crippen LogP) is 4.61. The molecule has 0 saturated carbocycles. The van der Waals surface area contributed by atoms with E-state index in [2.05, 4.69) is 4.98 Å². The van der Waals surface area contributed by atoms with Gasteiger partial charge in [0.25, 0.3) is 0 Å². The molecule has 3 rings (SSSR count). The summed E-state index contributed by atoms with van der Waals surface area (Å²) in [7, 11) is 0. The van der Waals surface area contributed by atoms with Crippen LogP contribution in [0, 0.1) is 5.82 Å². The van der Waals surface area contributed by atoms with E-state index in [0.29, 0.717) is 28.8 Å². The Hall–Kier alpha value is -3.36. The standard InChI is InChI=1S/C19H13F4NO4/c1-10(25)28-13-3-5-16-12(7-13)8-17(24-16)18(26)27-9-11-2-4-14(15(20)6-11)19(21,22)23/h2-8,24H,9H2,1H3. The Labute approximate surface area is 155 Å². The first kappa shape index (κ1) is 19.4. The van der Waals surface area contributed by atoms with Crippen molar-refractivity contribution >= 4 is 22.8 Å². The van der Waals surface area contributed by atoms with Crippen molar-refractivity contribution in [3.8, 4) is 5.75 Å². The number of benzene rings is 2. The molecular formula is C19H13F4NO4. The number of nitrogens with one attached hydrogen (secondary N) is 1. The van der Waals surface area contributed by atoms with E-state index in [4.69, 9.17) is 9.47 Å². The van der Waals surface area contributed by atoms with E-state index in [0.717, 1.165) is 6.07 Å². The average Bonchev–Trinajstić information content (AvgIpc) is 3.01. The largest absolute Gasteiger partial charge is 0.456 e. The van der Waals surface area contributed by atoms with Crippen LogP contribution < -0.4 is 4.74 Å². The molecule has 0 aliphatic rings. The van der Waals surface area contributed by atoms with Gasteiger partial charge in [0.1, 0.15) is 23.9 Å². The van der Waals surface area contributed by atoms with Crippen molar-refractivity contribution in [1.82, 2.24) is 4.98 Å². The SMILES string of the molecule is CC(=O)Oc1ccc2[nH]c(C(=O)OCc3ccc(C(F)(F)F)c(F)c3)cc2c1. The quantitative estimate of drug-likeness (QED) is 0.398. The zero-order chi connectivity index (χ0) is 20.5. The fraction of sp³-hybridized carbons (Fsp3) is 0.158. The number of aromatic nitrogens is 1. The van der Waals surface area contributed by atoms with Crippen molar-refractivity contribution in [2.75, 3.05) is 0 Å². The number of halogens is 4. The minimum Gasteiger partial charge on any atom is -0.456 e. The second-order valence-corrected chi connectivity index (χ2v) is 5.91. The molecule has 0 atom stereocenters. The minimum atomic E-state index is -4.80. The zero-order valence-electron chi connectivity index (χ0n) is 14.4. The molecule has 0 amide bonds. The number of hydrogen-bond acceptors (Lipinski definition) is 4. The van der Waals surface area contributed by atoms with Crippen LogP contribution >= 0.6 is 0 Å². The van der Waals surface area contributed by atoms with Crippen molar-refractivity contribution in [2.45, 2.75) is 19.7 Å². The van der Waals surface area contributed by atoms with Crippen LogP contribution in [0.3, 0.4) is 0 Å². The lowest BCUT2D eigenvalue weighted by Crippen LogP contribution is -2.09. The maximum Gasteiger partial charge on any atom is 0.419 e. The number of rotatable bonds is 4. The molecule has 9 heteroatoms. The number of alkyl halides is 3. The molecule has 1 N–H and O–H groups in total. The van der Waals surface area contributed by atoms with E-state index in [1.54, 1.807) is 18.2 Å². The lowest BCUT2D eigenvalue weighted by molar-refractivity contribution is -0.140. The molecule has 0 fully saturated rings. The predicted molar refractivity (Wildman–Crippen MR) is 90.1 cm³/mol. The number of fused-ring (bicyclic) bond motifs is 1. The maximum atomic E-state index is 13.6. The number of aromatic amines is 1. The van der Waals surface area contributed by atoms with Gasteiger partial charge in [0.2, 0.25) is 0 Å². The fourth-order valence-electron chi connectivity index (χ4n) is 2.56. The van der Waals surface area contributed by atoms with Gasteiger partial charge in [-0.15, -0.1) is 0 Å². The molecule has 146 valence electrons. The van der Waals surface area contributed by atoms with Gasteiger partial charge in [0, 0.05) is 17.8 Å². The second kappa shape index (κ2) is 7.34. The van der Waals surface area contributed by atoms with Crippen molar-refractivity contribution < 1.29 is 36.6 Å². The Morgan fingerprint density at radius 1 is 1.07 bits per heavy atom. The molecule has 1 heterocycles. The summed E-state index contributed by atoms with van der Waals surface area (Å²) in [6.07, 6.45) is -4.80. The number of hydrogen-bond donors (Lipinski definition) is 1. The molecule has 2 aromatic carbocycles. The van der Waals surface area contributed by atoms with E-state index >= 15 is 0 Å². The highest BCUT2D eigenvalue weighted by molar-refractivity contribution is 5.95. The number of H-pyrrole nitrogens is 1. The molecule has 0 unspecified atom stereocenters. The molecule has 0 bridgehead atoms. The molecule has 3 aromatic rings. The number of carbonyl (C=O) groups excluding carboxylic acids is 2.